The highest BCUT2D eigenvalue weighted by molar-refractivity contribution is 7.92. The van der Waals surface area contributed by atoms with Crippen LogP contribution in [0.2, 0.25) is 0 Å². The largest absolute Gasteiger partial charge is 0.497 e. The fourth-order valence-electron chi connectivity index (χ4n) is 4.40. The second-order valence-electron chi connectivity index (χ2n) is 10.1. The third kappa shape index (κ3) is 7.41. The molecule has 3 aromatic carbocycles. The predicted octanol–water partition coefficient (Wildman–Crippen LogP) is 4.84. The van der Waals surface area contributed by atoms with E-state index < -0.39 is 28.5 Å². The minimum Gasteiger partial charge on any atom is -0.497 e. The lowest BCUT2D eigenvalue weighted by Gasteiger charge is -2.33. The molecule has 8 nitrogen and oxygen atoms in total. The number of anilines is 1. The lowest BCUT2D eigenvalue weighted by molar-refractivity contribution is -0.140. The number of ether oxygens (including phenoxy) is 1. The zero-order valence-electron chi connectivity index (χ0n) is 24.0. The van der Waals surface area contributed by atoms with Crippen LogP contribution in [0.5, 0.6) is 5.75 Å². The van der Waals surface area contributed by atoms with Crippen LogP contribution < -0.4 is 14.4 Å². The maximum absolute atomic E-state index is 14.1. The molecule has 1 atom stereocenters. The van der Waals surface area contributed by atoms with Crippen LogP contribution in [0.1, 0.15) is 43.9 Å². The Morgan fingerprint density at radius 2 is 1.62 bits per heavy atom. The van der Waals surface area contributed by atoms with Gasteiger partial charge < -0.3 is 15.0 Å². The van der Waals surface area contributed by atoms with E-state index in [1.807, 2.05) is 52.8 Å². The average Bonchev–Trinajstić information content (AvgIpc) is 2.93. The van der Waals surface area contributed by atoms with Gasteiger partial charge in [0.1, 0.15) is 18.3 Å². The van der Waals surface area contributed by atoms with E-state index in [-0.39, 0.29) is 23.4 Å². The summed E-state index contributed by atoms with van der Waals surface area (Å²) in [6.45, 7) is 9.00. The zero-order chi connectivity index (χ0) is 29.4. The zero-order valence-corrected chi connectivity index (χ0v) is 24.9. The predicted molar refractivity (Wildman–Crippen MR) is 158 cm³/mol. The molecule has 2 amide bonds. The number of hydrogen-bond acceptors (Lipinski definition) is 5. The van der Waals surface area contributed by atoms with Gasteiger partial charge in [-0.1, -0.05) is 43.3 Å². The molecule has 3 aromatic rings. The normalized spacial score (nSPS) is 12.1. The van der Waals surface area contributed by atoms with Crippen molar-refractivity contribution in [3.05, 3.63) is 89.5 Å². The molecule has 0 heterocycles. The first-order valence-corrected chi connectivity index (χ1v) is 14.8. The number of rotatable bonds is 12. The van der Waals surface area contributed by atoms with E-state index >= 15 is 0 Å². The number of nitrogens with zero attached hydrogens (tertiary/aromatic N) is 2. The minimum absolute atomic E-state index is 0.0740. The molecule has 1 unspecified atom stereocenters. The van der Waals surface area contributed by atoms with Crippen LogP contribution in [0.15, 0.2) is 77.7 Å². The second-order valence-corrected chi connectivity index (χ2v) is 11.9. The molecule has 0 aliphatic rings. The molecule has 0 spiro atoms. The minimum atomic E-state index is -4.10. The first kappa shape index (κ1) is 30.7. The second kappa shape index (κ2) is 13.5. The van der Waals surface area contributed by atoms with Gasteiger partial charge in [-0.2, -0.15) is 0 Å². The van der Waals surface area contributed by atoms with Gasteiger partial charge in [0.25, 0.3) is 10.0 Å². The fourth-order valence-corrected chi connectivity index (χ4v) is 5.82. The van der Waals surface area contributed by atoms with E-state index in [1.165, 1.54) is 17.0 Å². The number of aryl methyl sites for hydroxylation is 2. The average molecular weight is 566 g/mol. The maximum atomic E-state index is 14.1. The van der Waals surface area contributed by atoms with Gasteiger partial charge in [-0.25, -0.2) is 8.42 Å². The van der Waals surface area contributed by atoms with Gasteiger partial charge in [-0.3, -0.25) is 13.9 Å². The molecule has 0 saturated heterocycles. The van der Waals surface area contributed by atoms with E-state index in [4.69, 9.17) is 4.74 Å². The van der Waals surface area contributed by atoms with Gasteiger partial charge in [-0.05, 0) is 87.2 Å². The van der Waals surface area contributed by atoms with Crippen LogP contribution in [0.25, 0.3) is 0 Å². The summed E-state index contributed by atoms with van der Waals surface area (Å²) in [5.41, 5.74) is 3.03. The summed E-state index contributed by atoms with van der Waals surface area (Å²) < 4.78 is 34.3. The van der Waals surface area contributed by atoms with Crippen molar-refractivity contribution in [2.75, 3.05) is 18.0 Å². The molecule has 0 radical (unpaired) electrons. The number of nitrogens with one attached hydrogen (secondary N) is 1. The van der Waals surface area contributed by atoms with Gasteiger partial charge in [0.2, 0.25) is 11.8 Å². The summed E-state index contributed by atoms with van der Waals surface area (Å²) in [6.07, 6.45) is 0.351. The van der Waals surface area contributed by atoms with Crippen molar-refractivity contribution in [3.63, 3.8) is 0 Å². The van der Waals surface area contributed by atoms with Gasteiger partial charge in [0.05, 0.1) is 17.7 Å². The monoisotopic (exact) mass is 565 g/mol. The summed E-state index contributed by atoms with van der Waals surface area (Å²) in [4.78, 5) is 28.9. The summed E-state index contributed by atoms with van der Waals surface area (Å²) in [6, 6.07) is 19.7. The summed E-state index contributed by atoms with van der Waals surface area (Å²) in [5.74, 6) is -0.170. The van der Waals surface area contributed by atoms with Gasteiger partial charge >= 0.3 is 0 Å². The van der Waals surface area contributed by atoms with Crippen molar-refractivity contribution in [2.45, 2.75) is 64.6 Å². The number of amides is 2. The SMILES string of the molecule is CCC(C(=O)NC(C)C)N(Cc1cccc(OC)c1)C(=O)CN(c1ccc(C)c(C)c1)S(=O)(=O)c1ccccc1. The standard InChI is InChI=1S/C31H39N3O5S/c1-7-29(31(36)32-22(2)3)33(20-25-12-11-13-27(19-25)39-6)30(35)21-34(26-17-16-23(4)24(5)18-26)40(37,38)28-14-9-8-10-15-28/h8-19,22,29H,7,20-21H2,1-6H3,(H,32,36). The maximum Gasteiger partial charge on any atom is 0.264 e. The quantitative estimate of drug-likeness (QED) is 0.339. The summed E-state index contributed by atoms with van der Waals surface area (Å²) >= 11 is 0. The van der Waals surface area contributed by atoms with Gasteiger partial charge in [-0.15, -0.1) is 0 Å². The van der Waals surface area contributed by atoms with E-state index in [0.29, 0.717) is 17.9 Å². The highest BCUT2D eigenvalue weighted by atomic mass is 32.2. The van der Waals surface area contributed by atoms with Crippen LogP contribution >= 0.6 is 0 Å². The number of carbonyl (C=O) groups excluding carboxylic acids is 2. The van der Waals surface area contributed by atoms with Crippen molar-refractivity contribution < 1.29 is 22.7 Å². The van der Waals surface area contributed by atoms with Crippen LogP contribution in [0.3, 0.4) is 0 Å². The molecule has 0 aliphatic heterocycles. The first-order chi connectivity index (χ1) is 19.0. The Balaban J connectivity index is 2.08. The Bertz CT molecular complexity index is 1420. The molecular formula is C31H39N3O5S. The van der Waals surface area contributed by atoms with Crippen LogP contribution in [0.4, 0.5) is 5.69 Å². The Morgan fingerprint density at radius 1 is 0.925 bits per heavy atom. The van der Waals surface area contributed by atoms with E-state index in [2.05, 4.69) is 5.32 Å². The molecular weight excluding hydrogens is 526 g/mol. The third-order valence-electron chi connectivity index (χ3n) is 6.69. The smallest absolute Gasteiger partial charge is 0.264 e. The number of hydrogen-bond donors (Lipinski definition) is 1. The highest BCUT2D eigenvalue weighted by Crippen LogP contribution is 2.27. The molecule has 40 heavy (non-hydrogen) atoms. The molecule has 0 bridgehead atoms. The van der Waals surface area contributed by atoms with Crippen molar-refractivity contribution in [1.29, 1.82) is 0 Å². The topological polar surface area (TPSA) is 96.0 Å². The summed E-state index contributed by atoms with van der Waals surface area (Å²) in [7, 11) is -2.54. The van der Waals surface area contributed by atoms with E-state index in [9.17, 15) is 18.0 Å². The molecule has 0 aromatic heterocycles. The number of benzene rings is 3. The van der Waals surface area contributed by atoms with E-state index in [1.54, 1.807) is 49.6 Å². The van der Waals surface area contributed by atoms with Crippen molar-refractivity contribution in [1.82, 2.24) is 10.2 Å². The summed E-state index contributed by atoms with van der Waals surface area (Å²) in [5, 5.41) is 2.90. The Hall–Kier alpha value is -3.85. The fraction of sp³-hybridized carbons (Fsp3) is 0.355. The Kier molecular flexibility index (Phi) is 10.3. The lowest BCUT2D eigenvalue weighted by atomic mass is 10.1. The van der Waals surface area contributed by atoms with Crippen LogP contribution in [-0.4, -0.2) is 50.9 Å². The van der Waals surface area contributed by atoms with Crippen molar-refractivity contribution in [2.24, 2.45) is 0 Å². The molecule has 0 saturated carbocycles. The molecule has 0 fully saturated rings. The number of methoxy groups -OCH3 is 1. The van der Waals surface area contributed by atoms with Gasteiger partial charge in [0.15, 0.2) is 0 Å². The lowest BCUT2D eigenvalue weighted by Crippen LogP contribution is -2.53. The highest BCUT2D eigenvalue weighted by Gasteiger charge is 2.34. The number of carbonyl (C=O) groups is 2. The third-order valence-corrected chi connectivity index (χ3v) is 8.48. The van der Waals surface area contributed by atoms with Crippen LogP contribution in [0, 0.1) is 13.8 Å². The number of sulfonamides is 1. The molecule has 3 rings (SSSR count). The Labute approximate surface area is 238 Å². The van der Waals surface area contributed by atoms with Crippen molar-refractivity contribution in [3.8, 4) is 5.75 Å². The molecule has 0 aliphatic carbocycles. The molecule has 214 valence electrons. The van der Waals surface area contributed by atoms with Crippen molar-refractivity contribution >= 4 is 27.5 Å². The molecule has 9 heteroatoms. The van der Waals surface area contributed by atoms with Crippen LogP contribution in [-0.2, 0) is 26.2 Å². The van der Waals surface area contributed by atoms with Gasteiger partial charge in [0, 0.05) is 12.6 Å². The first-order valence-electron chi connectivity index (χ1n) is 13.4. The van der Waals surface area contributed by atoms with E-state index in [0.717, 1.165) is 21.0 Å². The Morgan fingerprint density at radius 3 is 2.23 bits per heavy atom. The molecule has 1 N–H and O–H groups in total.